The number of imidazole rings is 1. The van der Waals surface area contributed by atoms with Crippen LogP contribution in [0, 0.1) is 12.7 Å². The highest BCUT2D eigenvalue weighted by Crippen LogP contribution is 2.23. The molecule has 0 unspecified atom stereocenters. The van der Waals surface area contributed by atoms with Gasteiger partial charge in [0.25, 0.3) is 0 Å². The smallest absolute Gasteiger partial charge is 0.178 e. The monoisotopic (exact) mass is 229 g/mol. The minimum atomic E-state index is -0.340. The zero-order chi connectivity index (χ0) is 11.8. The Bertz CT molecular complexity index is 679. The quantitative estimate of drug-likeness (QED) is 0.695. The van der Waals surface area contributed by atoms with Gasteiger partial charge in [-0.2, -0.15) is 0 Å². The first-order valence-electron chi connectivity index (χ1n) is 5.32. The van der Waals surface area contributed by atoms with Gasteiger partial charge >= 0.3 is 0 Å². The van der Waals surface area contributed by atoms with Gasteiger partial charge in [-0.15, -0.1) is 0 Å². The molecule has 0 aliphatic rings. The molecule has 0 bridgehead atoms. The number of aromatic nitrogens is 3. The molecule has 0 aliphatic carbocycles. The Morgan fingerprint density at radius 1 is 1.18 bits per heavy atom. The lowest BCUT2D eigenvalue weighted by Crippen LogP contribution is -1.90. The van der Waals surface area contributed by atoms with Gasteiger partial charge in [-0.25, -0.2) is 14.4 Å². The highest BCUT2D eigenvalue weighted by Gasteiger charge is 2.10. The van der Waals surface area contributed by atoms with Crippen molar-refractivity contribution in [2.75, 3.05) is 0 Å². The summed E-state index contributed by atoms with van der Waals surface area (Å²) in [7, 11) is 0. The van der Waals surface area contributed by atoms with Gasteiger partial charge in [-0.3, -0.25) is 0 Å². The maximum atomic E-state index is 13.9. The summed E-state index contributed by atoms with van der Waals surface area (Å²) in [6.45, 7) is 1.82. The predicted octanol–water partition coefficient (Wildman–Crippen LogP) is 3.32. The summed E-state index contributed by atoms with van der Waals surface area (Å²) in [6, 6.07) is 10.7. The van der Waals surface area contributed by atoms with Gasteiger partial charge < -0.3 is 4.98 Å². The van der Waals surface area contributed by atoms with E-state index in [2.05, 4.69) is 15.0 Å². The van der Waals surface area contributed by atoms with E-state index in [9.17, 15) is 4.39 Å². The first kappa shape index (κ1) is 9.96. The van der Waals surface area contributed by atoms with Gasteiger partial charge in [0.2, 0.25) is 0 Å². The molecule has 3 aromatic rings. The topological polar surface area (TPSA) is 41.6 Å². The Hall–Kier alpha value is -2.23. The van der Waals surface area contributed by atoms with Crippen LogP contribution in [-0.2, 0) is 0 Å². The van der Waals surface area contributed by atoms with E-state index in [-0.39, 0.29) is 7.24 Å². The molecular formula is C13H12FN3. The van der Waals surface area contributed by atoms with Crippen molar-refractivity contribution in [1.82, 2.24) is 15.0 Å². The van der Waals surface area contributed by atoms with E-state index in [4.69, 9.17) is 0 Å². The summed E-state index contributed by atoms with van der Waals surface area (Å²) in [5, 5.41) is 0. The molecule has 3 nitrogen and oxygen atoms in total. The number of nitrogens with one attached hydrogen (secondary N) is 1. The molecule has 2 heterocycles. The van der Waals surface area contributed by atoms with Gasteiger partial charge in [0, 0.05) is 13.1 Å². The van der Waals surface area contributed by atoms with Crippen molar-refractivity contribution in [3.63, 3.8) is 0 Å². The lowest BCUT2D eigenvalue weighted by atomic mass is 10.1. The molecule has 1 aromatic carbocycles. The van der Waals surface area contributed by atoms with Crippen molar-refractivity contribution in [3.05, 3.63) is 48.0 Å². The Balaban J connectivity index is 0.00000120. The molecule has 17 heavy (non-hydrogen) atoms. The van der Waals surface area contributed by atoms with Crippen LogP contribution in [0.2, 0.25) is 0 Å². The lowest BCUT2D eigenvalue weighted by molar-refractivity contribution is 0.628. The molecule has 0 saturated heterocycles. The summed E-state index contributed by atoms with van der Waals surface area (Å²) in [5.74, 6) is 0.393. The average molecular weight is 229 g/mol. The number of hydrogen-bond donors (Lipinski definition) is 1. The Labute approximate surface area is 98.8 Å². The Morgan fingerprint density at radius 2 is 1.94 bits per heavy atom. The minimum absolute atomic E-state index is 0. The Morgan fingerprint density at radius 3 is 2.71 bits per heavy atom. The highest BCUT2D eigenvalue weighted by atomic mass is 19.1. The van der Waals surface area contributed by atoms with E-state index < -0.39 is 0 Å². The standard InChI is InChI=1S/C13H10FN3.H2/c1-8-15-11-7-10(14)12(17-13(11)16-8)9-5-3-2-4-6-9;/h2-7H,1H3,(H,15,16,17);1H. The number of rotatable bonds is 1. The first-order valence-corrected chi connectivity index (χ1v) is 5.32. The molecule has 0 fully saturated rings. The van der Waals surface area contributed by atoms with E-state index in [1.54, 1.807) is 0 Å². The zero-order valence-electron chi connectivity index (χ0n) is 9.24. The molecular weight excluding hydrogens is 217 g/mol. The maximum absolute atomic E-state index is 13.9. The first-order chi connectivity index (χ1) is 8.24. The van der Waals surface area contributed by atoms with Crippen molar-refractivity contribution in [2.45, 2.75) is 6.92 Å². The van der Waals surface area contributed by atoms with Crippen molar-refractivity contribution >= 4 is 11.2 Å². The number of fused-ring (bicyclic) bond motifs is 1. The number of halogens is 1. The van der Waals surface area contributed by atoms with Crippen LogP contribution in [0.5, 0.6) is 0 Å². The maximum Gasteiger partial charge on any atom is 0.178 e. The van der Waals surface area contributed by atoms with E-state index in [1.165, 1.54) is 6.07 Å². The molecule has 86 valence electrons. The summed E-state index contributed by atoms with van der Waals surface area (Å²) in [6.07, 6.45) is 0. The van der Waals surface area contributed by atoms with Crippen LogP contribution >= 0.6 is 0 Å². The van der Waals surface area contributed by atoms with Crippen LogP contribution in [0.3, 0.4) is 0 Å². The SMILES string of the molecule is Cc1nc2nc(-c3ccccc3)c(F)cc2[nH]1.[HH]. The summed E-state index contributed by atoms with van der Waals surface area (Å²) in [4.78, 5) is 11.4. The number of hydrogen-bond acceptors (Lipinski definition) is 2. The molecule has 2 aromatic heterocycles. The highest BCUT2D eigenvalue weighted by molar-refractivity contribution is 5.75. The van der Waals surface area contributed by atoms with Gasteiger partial charge in [0.05, 0.1) is 5.52 Å². The van der Waals surface area contributed by atoms with Gasteiger partial charge in [0.1, 0.15) is 11.5 Å². The largest absolute Gasteiger partial charge is 0.341 e. The van der Waals surface area contributed by atoms with Crippen LogP contribution in [0.4, 0.5) is 4.39 Å². The third-order valence-electron chi connectivity index (χ3n) is 2.59. The molecule has 0 aliphatic heterocycles. The predicted molar refractivity (Wildman–Crippen MR) is 66.1 cm³/mol. The molecule has 4 heteroatoms. The third kappa shape index (κ3) is 1.67. The Kier molecular flexibility index (Phi) is 2.14. The molecule has 0 radical (unpaired) electrons. The normalized spacial score (nSPS) is 10.9. The fourth-order valence-electron chi connectivity index (χ4n) is 1.84. The van der Waals surface area contributed by atoms with Crippen molar-refractivity contribution in [2.24, 2.45) is 0 Å². The number of benzene rings is 1. The van der Waals surface area contributed by atoms with E-state index in [0.29, 0.717) is 16.9 Å². The van der Waals surface area contributed by atoms with Gasteiger partial charge in [-0.1, -0.05) is 30.3 Å². The van der Waals surface area contributed by atoms with E-state index in [0.717, 1.165) is 11.4 Å². The van der Waals surface area contributed by atoms with Crippen molar-refractivity contribution in [1.29, 1.82) is 0 Å². The van der Waals surface area contributed by atoms with Crippen LogP contribution in [0.15, 0.2) is 36.4 Å². The summed E-state index contributed by atoms with van der Waals surface area (Å²) >= 11 is 0. The van der Waals surface area contributed by atoms with Crippen LogP contribution in [0.1, 0.15) is 7.25 Å². The molecule has 0 amide bonds. The van der Waals surface area contributed by atoms with Gasteiger partial charge in [-0.05, 0) is 6.92 Å². The second kappa shape index (κ2) is 3.66. The number of aromatic amines is 1. The van der Waals surface area contributed by atoms with E-state index in [1.807, 2.05) is 37.3 Å². The van der Waals surface area contributed by atoms with Gasteiger partial charge in [0.15, 0.2) is 11.5 Å². The molecule has 0 saturated carbocycles. The summed E-state index contributed by atoms with van der Waals surface area (Å²) < 4.78 is 13.9. The fraction of sp³-hybridized carbons (Fsp3) is 0.0769. The zero-order valence-corrected chi connectivity index (χ0v) is 9.24. The second-order valence-electron chi connectivity index (χ2n) is 3.88. The number of nitrogens with zero attached hydrogens (tertiary/aromatic N) is 2. The molecule has 0 atom stereocenters. The second-order valence-corrected chi connectivity index (χ2v) is 3.88. The number of aryl methyl sites for hydroxylation is 1. The molecule has 0 spiro atoms. The minimum Gasteiger partial charge on any atom is -0.341 e. The fourth-order valence-corrected chi connectivity index (χ4v) is 1.84. The van der Waals surface area contributed by atoms with Crippen LogP contribution in [-0.4, -0.2) is 15.0 Å². The van der Waals surface area contributed by atoms with E-state index >= 15 is 0 Å². The van der Waals surface area contributed by atoms with Crippen molar-refractivity contribution < 1.29 is 5.82 Å². The van der Waals surface area contributed by atoms with Crippen LogP contribution in [0.25, 0.3) is 22.4 Å². The molecule has 1 N–H and O–H groups in total. The number of pyridine rings is 1. The van der Waals surface area contributed by atoms with Crippen LogP contribution < -0.4 is 0 Å². The summed E-state index contributed by atoms with van der Waals surface area (Å²) in [5.41, 5.74) is 2.26. The van der Waals surface area contributed by atoms with Crippen molar-refractivity contribution in [3.8, 4) is 11.3 Å². The number of H-pyrrole nitrogens is 1. The average Bonchev–Trinajstić information content (AvgIpc) is 2.68. The lowest BCUT2D eigenvalue weighted by Gasteiger charge is -2.01. The molecule has 3 rings (SSSR count). The third-order valence-corrected chi connectivity index (χ3v) is 2.59.